The first-order valence-electron chi connectivity index (χ1n) is 21.7. The lowest BCUT2D eigenvalue weighted by Crippen LogP contribution is -2.40. The molecule has 0 spiro atoms. The van der Waals surface area contributed by atoms with Gasteiger partial charge in [0.15, 0.2) is 5.12 Å². The lowest BCUT2D eigenvalue weighted by atomic mass is 10.0. The van der Waals surface area contributed by atoms with E-state index in [-0.39, 0.29) is 0 Å². The predicted molar refractivity (Wildman–Crippen MR) is 217 cm³/mol. The highest BCUT2D eigenvalue weighted by Gasteiger charge is 2.22. The first-order chi connectivity index (χ1) is 23.7. The molecule has 6 heteroatoms. The second kappa shape index (κ2) is 36.9. The Kier molecular flexibility index (Phi) is 35.5. The number of ether oxygens (including phenoxy) is 2. The average Bonchev–Trinajstić information content (AvgIpc) is 3.08. The lowest BCUT2D eigenvalue weighted by Gasteiger charge is -2.32. The minimum absolute atomic E-state index is 0.354. The molecule has 0 amide bonds. The van der Waals surface area contributed by atoms with Crippen molar-refractivity contribution in [3.8, 4) is 0 Å². The van der Waals surface area contributed by atoms with E-state index in [9.17, 15) is 4.79 Å². The van der Waals surface area contributed by atoms with Crippen molar-refractivity contribution >= 4 is 25.8 Å². The van der Waals surface area contributed by atoms with Crippen LogP contribution in [0.4, 0.5) is 0 Å². The molecule has 1 fully saturated rings. The van der Waals surface area contributed by atoms with Crippen molar-refractivity contribution in [2.24, 2.45) is 0 Å². The van der Waals surface area contributed by atoms with E-state index in [4.69, 9.17) is 9.47 Å². The monoisotopic (exact) mass is 712 g/mol. The Morgan fingerprint density at radius 3 is 1.65 bits per heavy atom. The molecule has 286 valence electrons. The maximum absolute atomic E-state index is 12.4. The first-order valence-corrected chi connectivity index (χ1v) is 24.9. The maximum atomic E-state index is 12.4. The van der Waals surface area contributed by atoms with E-state index in [2.05, 4.69) is 25.5 Å². The Bertz CT molecular complexity index is 669. The van der Waals surface area contributed by atoms with Crippen LogP contribution in [-0.4, -0.2) is 57.5 Å². The summed E-state index contributed by atoms with van der Waals surface area (Å²) in [6.07, 6.45) is 41.7. The third kappa shape index (κ3) is 30.9. The van der Waals surface area contributed by atoms with Gasteiger partial charge in [-0.05, 0) is 57.8 Å². The van der Waals surface area contributed by atoms with Crippen LogP contribution >= 0.6 is 11.8 Å². The fourth-order valence-corrected chi connectivity index (χ4v) is 11.5. The summed E-state index contributed by atoms with van der Waals surface area (Å²) >= 11 is 1.62. The Hall–Kier alpha value is 0.117. The summed E-state index contributed by atoms with van der Waals surface area (Å²) in [6, 6.07) is 2.73. The Balaban J connectivity index is 1.89. The Labute approximate surface area is 307 Å². The van der Waals surface area contributed by atoms with Gasteiger partial charge in [-0.2, -0.15) is 0 Å². The maximum Gasteiger partial charge on any atom is 0.188 e. The molecule has 1 saturated heterocycles. The van der Waals surface area contributed by atoms with Crippen LogP contribution in [0.25, 0.3) is 0 Å². The predicted octanol–water partition coefficient (Wildman–Crippen LogP) is 13.4. The van der Waals surface area contributed by atoms with Crippen LogP contribution in [0.5, 0.6) is 0 Å². The molecular weight excluding hydrogens is 627 g/mol. The van der Waals surface area contributed by atoms with Gasteiger partial charge in [-0.1, -0.05) is 186 Å². The van der Waals surface area contributed by atoms with Crippen molar-refractivity contribution in [1.82, 2.24) is 4.57 Å². The lowest BCUT2D eigenvalue weighted by molar-refractivity contribution is -0.111. The van der Waals surface area contributed by atoms with Crippen molar-refractivity contribution in [2.45, 2.75) is 231 Å². The number of unbranched alkanes of at least 4 members (excludes halogenated alkanes) is 24. The second-order valence-corrected chi connectivity index (χ2v) is 19.8. The summed E-state index contributed by atoms with van der Waals surface area (Å²) in [5, 5.41) is 0.432. The summed E-state index contributed by atoms with van der Waals surface area (Å²) in [6.45, 7) is 7.06. The molecule has 48 heavy (non-hydrogen) atoms. The summed E-state index contributed by atoms with van der Waals surface area (Å²) in [5.74, 6) is 1.02. The topological polar surface area (TPSA) is 38.8 Å². The molecule has 4 nitrogen and oxygen atoms in total. The van der Waals surface area contributed by atoms with Crippen LogP contribution in [0, 0.1) is 0 Å². The smallest absolute Gasteiger partial charge is 0.188 e. The fraction of sp³-hybridized carbons (Fsp3) is 0.976. The first kappa shape index (κ1) is 46.1. The standard InChI is InChI=1S/C42H85NO3SSi/c1-4-6-8-10-12-14-16-18-20-22-24-26-28-33-42(44)47-37-31-39-48-38-30-32-41(34-35-43(48)3)46-40-45-36-29-27-25-23-21-19-17-15-13-11-9-7-5-2/h41,48H,4-40H2,1-3H3. The van der Waals surface area contributed by atoms with E-state index in [1.165, 1.54) is 192 Å². The molecule has 1 heterocycles. The number of hydrogen-bond acceptors (Lipinski definition) is 5. The van der Waals surface area contributed by atoms with E-state index in [1.54, 1.807) is 11.8 Å². The van der Waals surface area contributed by atoms with E-state index in [1.807, 2.05) is 0 Å². The van der Waals surface area contributed by atoms with Gasteiger partial charge in [-0.3, -0.25) is 4.79 Å². The SMILES string of the molecule is CCCCCCCCCCCCCCCOCOC1CCC[SiH](CCCSC(=O)CCCCCCCCCCCCCCC)N(C)CC1. The zero-order valence-electron chi connectivity index (χ0n) is 32.9. The third-order valence-electron chi connectivity index (χ3n) is 10.7. The second-order valence-electron chi connectivity index (χ2n) is 15.3. The van der Waals surface area contributed by atoms with Gasteiger partial charge in [0, 0.05) is 18.8 Å². The van der Waals surface area contributed by atoms with Crippen molar-refractivity contribution in [2.75, 3.05) is 32.7 Å². The molecule has 0 radical (unpaired) electrons. The summed E-state index contributed by atoms with van der Waals surface area (Å²) in [7, 11) is 1.46. The van der Waals surface area contributed by atoms with Gasteiger partial charge in [-0.15, -0.1) is 0 Å². The van der Waals surface area contributed by atoms with Crippen molar-refractivity contribution < 1.29 is 14.3 Å². The summed E-state index contributed by atoms with van der Waals surface area (Å²) in [4.78, 5) is 12.4. The van der Waals surface area contributed by atoms with Gasteiger partial charge < -0.3 is 14.0 Å². The molecule has 1 aliphatic rings. The average molecular weight is 712 g/mol. The molecule has 0 aromatic heterocycles. The third-order valence-corrected chi connectivity index (χ3v) is 15.4. The molecule has 0 aliphatic carbocycles. The largest absolute Gasteiger partial charge is 0.355 e. The van der Waals surface area contributed by atoms with E-state index in [0.29, 0.717) is 18.0 Å². The van der Waals surface area contributed by atoms with Gasteiger partial charge in [0.2, 0.25) is 0 Å². The zero-order chi connectivity index (χ0) is 34.6. The number of carbonyl (C=O) groups excluding carboxylic acids is 1. The van der Waals surface area contributed by atoms with Gasteiger partial charge in [0.1, 0.15) is 15.8 Å². The van der Waals surface area contributed by atoms with Crippen molar-refractivity contribution in [3.05, 3.63) is 0 Å². The van der Waals surface area contributed by atoms with E-state index < -0.39 is 8.96 Å². The zero-order valence-corrected chi connectivity index (χ0v) is 34.9. The summed E-state index contributed by atoms with van der Waals surface area (Å²) in [5.41, 5.74) is 0. The molecule has 0 saturated carbocycles. The van der Waals surface area contributed by atoms with Crippen molar-refractivity contribution in [3.63, 3.8) is 0 Å². The van der Waals surface area contributed by atoms with Crippen LogP contribution in [0.2, 0.25) is 12.1 Å². The number of nitrogens with zero attached hydrogens (tertiary/aromatic N) is 1. The van der Waals surface area contributed by atoms with Crippen molar-refractivity contribution in [1.29, 1.82) is 0 Å². The molecule has 0 bridgehead atoms. The van der Waals surface area contributed by atoms with Gasteiger partial charge >= 0.3 is 0 Å². The normalized spacial score (nSPS) is 17.5. The number of thioether (sulfide) groups is 1. The van der Waals surface area contributed by atoms with E-state index >= 15 is 0 Å². The van der Waals surface area contributed by atoms with Gasteiger partial charge in [0.05, 0.1) is 6.10 Å². The number of rotatable bonds is 35. The highest BCUT2D eigenvalue weighted by molar-refractivity contribution is 8.13. The van der Waals surface area contributed by atoms with Gasteiger partial charge in [0.25, 0.3) is 0 Å². The Morgan fingerprint density at radius 2 is 1.12 bits per heavy atom. The molecule has 1 aliphatic heterocycles. The van der Waals surface area contributed by atoms with Crippen LogP contribution in [0.3, 0.4) is 0 Å². The highest BCUT2D eigenvalue weighted by atomic mass is 32.2. The molecular formula is C42H85NO3SSi. The minimum atomic E-state index is -0.883. The van der Waals surface area contributed by atoms with Crippen LogP contribution in [-0.2, 0) is 14.3 Å². The Morgan fingerprint density at radius 1 is 0.646 bits per heavy atom. The highest BCUT2D eigenvalue weighted by Crippen LogP contribution is 2.22. The summed E-state index contributed by atoms with van der Waals surface area (Å²) < 4.78 is 14.7. The molecule has 0 aromatic carbocycles. The molecule has 0 aromatic rings. The van der Waals surface area contributed by atoms with Crippen LogP contribution in [0.15, 0.2) is 0 Å². The molecule has 2 unspecified atom stereocenters. The van der Waals surface area contributed by atoms with Crippen LogP contribution in [0.1, 0.15) is 213 Å². The fourth-order valence-electron chi connectivity index (χ4n) is 7.30. The quantitative estimate of drug-likeness (QED) is 0.0372. The number of carbonyl (C=O) groups is 1. The molecule has 0 N–H and O–H groups in total. The van der Waals surface area contributed by atoms with E-state index in [0.717, 1.165) is 38.2 Å². The number of hydrogen-bond donors (Lipinski definition) is 0. The van der Waals surface area contributed by atoms with Crippen LogP contribution < -0.4 is 0 Å². The molecule has 1 rings (SSSR count). The molecule has 2 atom stereocenters. The minimum Gasteiger partial charge on any atom is -0.355 e. The van der Waals surface area contributed by atoms with Gasteiger partial charge in [-0.25, -0.2) is 0 Å².